The maximum Gasteiger partial charge on any atom is 0.213 e. The van der Waals surface area contributed by atoms with Crippen molar-refractivity contribution < 1.29 is 4.74 Å². The quantitative estimate of drug-likeness (QED) is 0.283. The molecule has 142 valence electrons. The zero-order valence-corrected chi connectivity index (χ0v) is 18.0. The summed E-state index contributed by atoms with van der Waals surface area (Å²) in [7, 11) is 3.42. The Labute approximate surface area is 168 Å². The molecule has 1 aromatic heterocycles. The first-order valence-corrected chi connectivity index (χ1v) is 8.91. The maximum atomic E-state index is 5.14. The van der Waals surface area contributed by atoms with Crippen LogP contribution in [-0.4, -0.2) is 55.7 Å². The highest BCUT2D eigenvalue weighted by Crippen LogP contribution is 2.16. The first kappa shape index (κ1) is 22.0. The molecule has 6 nitrogen and oxygen atoms in total. The SMILES string of the molecule is CN=C(NCCCN1CCCCC1C)NCc1cccc(OC)n1.I. The number of halogens is 1. The van der Waals surface area contributed by atoms with E-state index in [2.05, 4.69) is 32.4 Å². The largest absolute Gasteiger partial charge is 0.481 e. The minimum Gasteiger partial charge on any atom is -0.481 e. The Balaban J connectivity index is 0.00000312. The third kappa shape index (κ3) is 7.77. The first-order chi connectivity index (χ1) is 11.7. The molecule has 1 aromatic rings. The lowest BCUT2D eigenvalue weighted by Gasteiger charge is -2.33. The second kappa shape index (κ2) is 12.3. The standard InChI is InChI=1S/C18H31N5O.HI/c1-15-8-4-5-12-23(15)13-7-11-20-18(19-2)21-14-16-9-6-10-17(22-16)24-3;/h6,9-10,15H,4-5,7-8,11-14H2,1-3H3,(H2,19,20,21);1H. The first-order valence-electron chi connectivity index (χ1n) is 8.91. The molecule has 2 heterocycles. The molecule has 2 N–H and O–H groups in total. The molecule has 1 aliphatic heterocycles. The van der Waals surface area contributed by atoms with Crippen molar-refractivity contribution in [3.05, 3.63) is 23.9 Å². The van der Waals surface area contributed by atoms with E-state index in [1.54, 1.807) is 14.2 Å². The summed E-state index contributed by atoms with van der Waals surface area (Å²) in [5.74, 6) is 1.44. The zero-order chi connectivity index (χ0) is 17.2. The van der Waals surface area contributed by atoms with Crippen molar-refractivity contribution in [1.29, 1.82) is 0 Å². The summed E-state index contributed by atoms with van der Waals surface area (Å²) in [5, 5.41) is 6.67. The second-order valence-electron chi connectivity index (χ2n) is 6.26. The van der Waals surface area contributed by atoms with Crippen LogP contribution >= 0.6 is 24.0 Å². The number of ether oxygens (including phenoxy) is 1. The maximum absolute atomic E-state index is 5.14. The van der Waals surface area contributed by atoms with Gasteiger partial charge in [0.15, 0.2) is 5.96 Å². The Kier molecular flexibility index (Phi) is 10.8. The van der Waals surface area contributed by atoms with Gasteiger partial charge >= 0.3 is 0 Å². The van der Waals surface area contributed by atoms with Crippen LogP contribution in [-0.2, 0) is 6.54 Å². The lowest BCUT2D eigenvalue weighted by Crippen LogP contribution is -2.41. The lowest BCUT2D eigenvalue weighted by molar-refractivity contribution is 0.159. The summed E-state index contributed by atoms with van der Waals surface area (Å²) in [4.78, 5) is 11.3. The van der Waals surface area contributed by atoms with Gasteiger partial charge in [-0.25, -0.2) is 4.98 Å². The van der Waals surface area contributed by atoms with Gasteiger partial charge in [-0.2, -0.15) is 0 Å². The number of aliphatic imine (C=N–C) groups is 1. The second-order valence-corrected chi connectivity index (χ2v) is 6.26. The van der Waals surface area contributed by atoms with Crippen LogP contribution in [0.2, 0.25) is 0 Å². The fourth-order valence-corrected chi connectivity index (χ4v) is 3.04. The van der Waals surface area contributed by atoms with Crippen LogP contribution in [0, 0.1) is 0 Å². The Morgan fingerprint density at radius 3 is 2.92 bits per heavy atom. The highest BCUT2D eigenvalue weighted by molar-refractivity contribution is 14.0. The molecule has 2 rings (SSSR count). The van der Waals surface area contributed by atoms with Crippen LogP contribution in [0.25, 0.3) is 0 Å². The number of methoxy groups -OCH3 is 1. The average molecular weight is 461 g/mol. The van der Waals surface area contributed by atoms with Gasteiger partial charge < -0.3 is 20.3 Å². The summed E-state index contributed by atoms with van der Waals surface area (Å²) in [6, 6.07) is 6.49. The molecule has 1 atom stereocenters. The Morgan fingerprint density at radius 2 is 2.20 bits per heavy atom. The molecule has 1 unspecified atom stereocenters. The van der Waals surface area contributed by atoms with Crippen LogP contribution in [0.1, 0.15) is 38.3 Å². The van der Waals surface area contributed by atoms with Gasteiger partial charge in [0.05, 0.1) is 19.3 Å². The molecular formula is C18H32IN5O. The van der Waals surface area contributed by atoms with Gasteiger partial charge in [0, 0.05) is 32.2 Å². The van der Waals surface area contributed by atoms with Crippen molar-refractivity contribution in [3.8, 4) is 5.88 Å². The van der Waals surface area contributed by atoms with Crippen LogP contribution < -0.4 is 15.4 Å². The molecule has 7 heteroatoms. The van der Waals surface area contributed by atoms with Crippen LogP contribution in [0.15, 0.2) is 23.2 Å². The molecule has 0 aromatic carbocycles. The highest BCUT2D eigenvalue weighted by Gasteiger charge is 2.17. The molecule has 25 heavy (non-hydrogen) atoms. The van der Waals surface area contributed by atoms with Crippen LogP contribution in [0.3, 0.4) is 0 Å². The van der Waals surface area contributed by atoms with E-state index in [-0.39, 0.29) is 24.0 Å². The summed E-state index contributed by atoms with van der Waals surface area (Å²) >= 11 is 0. The van der Waals surface area contributed by atoms with E-state index in [1.165, 1.54) is 25.8 Å². The molecule has 0 radical (unpaired) electrons. The van der Waals surface area contributed by atoms with Gasteiger partial charge in [0.1, 0.15) is 0 Å². The third-order valence-corrected chi connectivity index (χ3v) is 4.51. The van der Waals surface area contributed by atoms with Crippen LogP contribution in [0.5, 0.6) is 5.88 Å². The van der Waals surface area contributed by atoms with Crippen molar-refractivity contribution in [2.45, 2.75) is 45.2 Å². The van der Waals surface area contributed by atoms with Gasteiger partial charge in [-0.3, -0.25) is 4.99 Å². The Hall–Kier alpha value is -1.09. The van der Waals surface area contributed by atoms with E-state index in [0.717, 1.165) is 37.2 Å². The van der Waals surface area contributed by atoms with E-state index < -0.39 is 0 Å². The number of likely N-dealkylation sites (tertiary alicyclic amines) is 1. The number of rotatable bonds is 7. The number of pyridine rings is 1. The topological polar surface area (TPSA) is 61.8 Å². The molecule has 0 aliphatic carbocycles. The number of nitrogens with one attached hydrogen (secondary N) is 2. The van der Waals surface area contributed by atoms with E-state index in [4.69, 9.17) is 4.74 Å². The van der Waals surface area contributed by atoms with Gasteiger partial charge in [0.25, 0.3) is 0 Å². The predicted molar refractivity (Wildman–Crippen MR) is 114 cm³/mol. The molecule has 1 saturated heterocycles. The minimum atomic E-state index is 0. The Morgan fingerprint density at radius 1 is 1.36 bits per heavy atom. The molecule has 1 aliphatic rings. The minimum absolute atomic E-state index is 0. The monoisotopic (exact) mass is 461 g/mol. The number of piperidine rings is 1. The fourth-order valence-electron chi connectivity index (χ4n) is 3.04. The van der Waals surface area contributed by atoms with Gasteiger partial charge in [0.2, 0.25) is 5.88 Å². The number of hydrogen-bond donors (Lipinski definition) is 2. The van der Waals surface area contributed by atoms with E-state index in [9.17, 15) is 0 Å². The van der Waals surface area contributed by atoms with Crippen molar-refractivity contribution >= 4 is 29.9 Å². The van der Waals surface area contributed by atoms with Crippen molar-refractivity contribution in [3.63, 3.8) is 0 Å². The molecule has 1 fully saturated rings. The summed E-state index contributed by atoms with van der Waals surface area (Å²) in [6.45, 7) is 6.29. The highest BCUT2D eigenvalue weighted by atomic mass is 127. The number of hydrogen-bond acceptors (Lipinski definition) is 4. The van der Waals surface area contributed by atoms with Crippen LogP contribution in [0.4, 0.5) is 0 Å². The van der Waals surface area contributed by atoms with Crippen molar-refractivity contribution in [2.24, 2.45) is 4.99 Å². The molecule has 0 saturated carbocycles. The molecule has 0 bridgehead atoms. The van der Waals surface area contributed by atoms with E-state index in [1.807, 2.05) is 18.2 Å². The third-order valence-electron chi connectivity index (χ3n) is 4.51. The lowest BCUT2D eigenvalue weighted by atomic mass is 10.0. The fraction of sp³-hybridized carbons (Fsp3) is 0.667. The van der Waals surface area contributed by atoms with Gasteiger partial charge in [-0.15, -0.1) is 24.0 Å². The molecular weight excluding hydrogens is 429 g/mol. The Bertz CT molecular complexity index is 526. The van der Waals surface area contributed by atoms with E-state index in [0.29, 0.717) is 12.4 Å². The smallest absolute Gasteiger partial charge is 0.213 e. The number of aromatic nitrogens is 1. The number of guanidine groups is 1. The average Bonchev–Trinajstić information content (AvgIpc) is 2.62. The normalized spacial score (nSPS) is 18.4. The van der Waals surface area contributed by atoms with Crippen molar-refractivity contribution in [2.75, 3.05) is 33.8 Å². The summed E-state index contributed by atoms with van der Waals surface area (Å²) in [5.41, 5.74) is 0.930. The summed E-state index contributed by atoms with van der Waals surface area (Å²) in [6.07, 6.45) is 5.19. The summed E-state index contributed by atoms with van der Waals surface area (Å²) < 4.78 is 5.14. The molecule has 0 spiro atoms. The predicted octanol–water partition coefficient (Wildman–Crippen LogP) is 2.64. The van der Waals surface area contributed by atoms with Gasteiger partial charge in [-0.1, -0.05) is 12.5 Å². The van der Waals surface area contributed by atoms with E-state index >= 15 is 0 Å². The molecule has 0 amide bonds. The number of nitrogens with zero attached hydrogens (tertiary/aromatic N) is 3. The zero-order valence-electron chi connectivity index (χ0n) is 15.6. The van der Waals surface area contributed by atoms with Crippen molar-refractivity contribution in [1.82, 2.24) is 20.5 Å². The van der Waals surface area contributed by atoms with Gasteiger partial charge in [-0.05, 0) is 38.8 Å².